The number of aryl methyl sites for hydroxylation is 2. The zero-order valence-corrected chi connectivity index (χ0v) is 50.3. The van der Waals surface area contributed by atoms with Gasteiger partial charge in [0.2, 0.25) is 35.4 Å². The number of anilines is 2. The number of benzene rings is 3. The van der Waals surface area contributed by atoms with E-state index in [4.69, 9.17) is 9.97 Å². The number of amides is 6. The highest BCUT2D eigenvalue weighted by Gasteiger charge is 2.43. The van der Waals surface area contributed by atoms with Gasteiger partial charge in [-0.15, -0.1) is 0 Å². The van der Waals surface area contributed by atoms with Crippen LogP contribution in [0.15, 0.2) is 84.9 Å². The molecule has 9 rings (SSSR count). The summed E-state index contributed by atoms with van der Waals surface area (Å²) >= 11 is 2.24. The fourth-order valence-electron chi connectivity index (χ4n) is 12.1. The van der Waals surface area contributed by atoms with Crippen molar-refractivity contribution in [2.24, 2.45) is 11.8 Å². The Labute approximate surface area is 500 Å². The van der Waals surface area contributed by atoms with E-state index in [1.54, 1.807) is 37.7 Å². The Kier molecular flexibility index (Phi) is 21.4. The lowest BCUT2D eigenvalue weighted by molar-refractivity contribution is -0.142. The molecule has 5 aromatic rings. The maximum atomic E-state index is 14.4. The average Bonchev–Trinajstić information content (AvgIpc) is 4.02. The molecule has 4 aliphatic rings. The molecule has 1 unspecified atom stereocenters. The number of carbonyl (C=O) groups excluding carboxylic acids is 8. The Morgan fingerprint density at radius 1 is 0.500 bits per heavy atom. The molecule has 2 saturated heterocycles. The summed E-state index contributed by atoms with van der Waals surface area (Å²) in [4.78, 5) is 124. The molecule has 6 atom stereocenters. The van der Waals surface area contributed by atoms with Gasteiger partial charge in [0, 0.05) is 37.1 Å². The lowest BCUT2D eigenvalue weighted by Gasteiger charge is -2.35. The van der Waals surface area contributed by atoms with E-state index >= 15 is 0 Å². The van der Waals surface area contributed by atoms with E-state index < -0.39 is 36.3 Å². The van der Waals surface area contributed by atoms with Gasteiger partial charge in [-0.2, -0.15) is 0 Å². The summed E-state index contributed by atoms with van der Waals surface area (Å²) in [7, 11) is 3.41. The second-order valence-corrected chi connectivity index (χ2v) is 24.9. The molecule has 18 nitrogen and oxygen atoms in total. The fraction of sp³-hybridized carbons (Fsp3) is 0.500. The highest BCUT2D eigenvalue weighted by Crippen LogP contribution is 2.38. The molecule has 0 bridgehead atoms. The van der Waals surface area contributed by atoms with Crippen molar-refractivity contribution in [3.8, 4) is 22.5 Å². The summed E-state index contributed by atoms with van der Waals surface area (Å²) in [5, 5.41) is 19.5. The summed E-state index contributed by atoms with van der Waals surface area (Å²) in [5.74, 6) is -2.09. The van der Waals surface area contributed by atoms with Crippen molar-refractivity contribution in [2.45, 2.75) is 166 Å². The first kappa shape index (κ1) is 61.6. The van der Waals surface area contributed by atoms with Crippen molar-refractivity contribution in [1.82, 2.24) is 41.0 Å². The standard InChI is InChI=1S/C64H80N10O8S2/c1-39(65-3)55(77)67-53(45-23-13-7-14-24-45)63(81)73-37-17-27-47(73)57(79)71-61-51(43-19-9-5-10-20-43)69-59(83-61)49(75)35-33-41-29-31-42(32-30-41)34-36-50(76)60-70-52(44-21-11-6-12-22-44)62(84-60)72-58(80)48-28-18-38-74(48)64(82)54(46-25-15-8-16-26-46)68-56(78)40(2)66-4/h5-6,9-12,19-22,29-32,39-40,45-48,53-54,65-66H,7-8,13-18,23-28,33-38H2,1-4H3,(H,67,77)(H,68,78)(H,71,79)(H,72,80)/t39-,40+,47-,48?,53-,54+/m0/s1. The topological polar surface area (TPSA) is 241 Å². The molecule has 4 heterocycles. The van der Waals surface area contributed by atoms with Crippen molar-refractivity contribution in [2.75, 3.05) is 37.8 Å². The van der Waals surface area contributed by atoms with E-state index in [9.17, 15) is 38.4 Å². The van der Waals surface area contributed by atoms with Crippen molar-refractivity contribution < 1.29 is 38.4 Å². The number of likely N-dealkylation sites (tertiary alicyclic amines) is 2. The van der Waals surface area contributed by atoms with Crippen LogP contribution in [0.1, 0.15) is 147 Å². The van der Waals surface area contributed by atoms with Gasteiger partial charge in [0.15, 0.2) is 21.6 Å². The second kappa shape index (κ2) is 29.2. The molecule has 2 aliphatic heterocycles. The van der Waals surface area contributed by atoms with Gasteiger partial charge in [0.25, 0.3) is 0 Å². The van der Waals surface area contributed by atoms with E-state index in [-0.39, 0.29) is 81.7 Å². The number of nitrogens with one attached hydrogen (secondary N) is 6. The van der Waals surface area contributed by atoms with E-state index in [1.807, 2.05) is 84.9 Å². The van der Waals surface area contributed by atoms with Crippen LogP contribution in [0.5, 0.6) is 0 Å². The minimum atomic E-state index is -0.754. The maximum absolute atomic E-state index is 14.4. The smallest absolute Gasteiger partial charge is 0.247 e. The molecule has 20 heteroatoms. The van der Waals surface area contributed by atoms with E-state index in [0.29, 0.717) is 73.0 Å². The van der Waals surface area contributed by atoms with Crippen LogP contribution < -0.4 is 31.9 Å². The minimum Gasteiger partial charge on any atom is -0.343 e. The van der Waals surface area contributed by atoms with Crippen LogP contribution in [0.2, 0.25) is 0 Å². The summed E-state index contributed by atoms with van der Waals surface area (Å²) < 4.78 is 0. The summed E-state index contributed by atoms with van der Waals surface area (Å²) in [6, 6.07) is 22.6. The molecule has 2 aromatic heterocycles. The van der Waals surface area contributed by atoms with Crippen LogP contribution in [0.3, 0.4) is 0 Å². The van der Waals surface area contributed by atoms with Gasteiger partial charge in [0.05, 0.1) is 12.1 Å². The Balaban J connectivity index is 0.820. The van der Waals surface area contributed by atoms with Crippen LogP contribution >= 0.6 is 22.7 Å². The Bertz CT molecular complexity index is 2920. The molecule has 6 N–H and O–H groups in total. The average molecular weight is 1180 g/mol. The third-order valence-electron chi connectivity index (χ3n) is 17.3. The molecule has 4 fully saturated rings. The number of ketones is 2. The summed E-state index contributed by atoms with van der Waals surface area (Å²) in [6.45, 7) is 4.31. The number of Topliss-reactive ketones (excluding diaryl/α,β-unsaturated/α-hetero) is 2. The van der Waals surface area contributed by atoms with Crippen LogP contribution in [0.25, 0.3) is 22.5 Å². The molecule has 6 amide bonds. The summed E-state index contributed by atoms with van der Waals surface area (Å²) in [5.41, 5.74) is 4.26. The highest BCUT2D eigenvalue weighted by atomic mass is 32.1. The minimum absolute atomic E-state index is 0.0146. The molecule has 2 aliphatic carbocycles. The van der Waals surface area contributed by atoms with Crippen LogP contribution in [0.4, 0.5) is 10.0 Å². The number of nitrogens with zero attached hydrogens (tertiary/aromatic N) is 4. The van der Waals surface area contributed by atoms with Crippen molar-refractivity contribution in [1.29, 1.82) is 0 Å². The van der Waals surface area contributed by atoms with Gasteiger partial charge in [-0.05, 0) is 115 Å². The zero-order chi connectivity index (χ0) is 59.3. The number of hydrogen-bond acceptors (Lipinski definition) is 14. The van der Waals surface area contributed by atoms with E-state index in [1.165, 1.54) is 0 Å². The predicted octanol–water partition coefficient (Wildman–Crippen LogP) is 8.77. The van der Waals surface area contributed by atoms with E-state index in [2.05, 4.69) is 31.9 Å². The molecule has 0 spiro atoms. The van der Waals surface area contributed by atoms with Crippen molar-refractivity contribution >= 4 is 79.7 Å². The monoisotopic (exact) mass is 1180 g/mol. The van der Waals surface area contributed by atoms with Gasteiger partial charge in [-0.25, -0.2) is 9.97 Å². The number of thiazole rings is 2. The third-order valence-corrected chi connectivity index (χ3v) is 19.3. The Hall–Kier alpha value is -7.00. The molecule has 446 valence electrons. The van der Waals surface area contributed by atoms with E-state index in [0.717, 1.165) is 109 Å². The van der Waals surface area contributed by atoms with Gasteiger partial charge in [-0.3, -0.25) is 38.4 Å². The lowest BCUT2D eigenvalue weighted by Crippen LogP contribution is -2.57. The van der Waals surface area contributed by atoms with Gasteiger partial charge < -0.3 is 41.7 Å². The quantitative estimate of drug-likeness (QED) is 0.0318. The van der Waals surface area contributed by atoms with Gasteiger partial charge >= 0.3 is 0 Å². The molecule has 0 radical (unpaired) electrons. The molecular weight excluding hydrogens is 1100 g/mol. The molecular formula is C64H80N10O8S2. The first-order chi connectivity index (χ1) is 40.7. The zero-order valence-electron chi connectivity index (χ0n) is 48.7. The Morgan fingerprint density at radius 3 is 1.23 bits per heavy atom. The number of rotatable bonds is 24. The van der Waals surface area contributed by atoms with Gasteiger partial charge in [-0.1, -0.05) is 146 Å². The largest absolute Gasteiger partial charge is 0.343 e. The molecule has 84 heavy (non-hydrogen) atoms. The fourth-order valence-corrected chi connectivity index (χ4v) is 14.0. The number of carbonyl (C=O) groups is 8. The summed E-state index contributed by atoms with van der Waals surface area (Å²) in [6.07, 6.45) is 12.8. The SMILES string of the molecule is CN[C@@H](C)C(=O)N[C@H](C(=O)N1CCC[C@H]1C(=O)Nc1sc(C(=O)CCc2ccc(CCC(=O)c3nc(-c4ccccc4)c(NC(=O)C4CCCN4C(=O)[C@H](NC(=O)[C@@H](C)NC)C4CCCCC4)s3)cc2)nc1-c1ccccc1)C1CCCCC1. The van der Waals surface area contributed by atoms with Crippen LogP contribution in [0, 0.1) is 11.8 Å². The maximum Gasteiger partial charge on any atom is 0.247 e. The van der Waals surface area contributed by atoms with Crippen molar-refractivity contribution in [3.05, 3.63) is 106 Å². The number of aromatic nitrogens is 2. The van der Waals surface area contributed by atoms with Crippen LogP contribution in [-0.4, -0.2) is 130 Å². The van der Waals surface area contributed by atoms with Crippen molar-refractivity contribution in [3.63, 3.8) is 0 Å². The first-order valence-electron chi connectivity index (χ1n) is 30.2. The second-order valence-electron chi connectivity index (χ2n) is 22.9. The van der Waals surface area contributed by atoms with Crippen LogP contribution in [-0.2, 0) is 41.6 Å². The normalized spacial score (nSPS) is 19.0. The number of hydrogen-bond donors (Lipinski definition) is 6. The molecule has 2 saturated carbocycles. The predicted molar refractivity (Wildman–Crippen MR) is 328 cm³/mol. The number of likely N-dealkylation sites (N-methyl/N-ethyl adjacent to an activating group) is 2. The highest BCUT2D eigenvalue weighted by molar-refractivity contribution is 7.18. The Morgan fingerprint density at radius 2 is 0.869 bits per heavy atom. The molecule has 3 aromatic carbocycles. The lowest BCUT2D eigenvalue weighted by atomic mass is 9.83. The third kappa shape index (κ3) is 15.1. The van der Waals surface area contributed by atoms with Gasteiger partial charge in [0.1, 0.15) is 45.6 Å². The first-order valence-corrected chi connectivity index (χ1v) is 31.8.